The van der Waals surface area contributed by atoms with E-state index in [2.05, 4.69) is 24.1 Å². The molecule has 2 rings (SSSR count). The normalized spacial score (nSPS) is 31.7. The first kappa shape index (κ1) is 12.6. The van der Waals surface area contributed by atoms with E-state index < -0.39 is 0 Å². The Labute approximate surface area is 100.0 Å². The monoisotopic (exact) mass is 188 g/mol. The minimum absolute atomic E-state index is 0. The minimum Gasteiger partial charge on any atom is -0.658 e. The van der Waals surface area contributed by atoms with Crippen LogP contribution in [0.4, 0.5) is 0 Å². The topological polar surface area (TPSA) is 17.3 Å². The van der Waals surface area contributed by atoms with E-state index in [0.29, 0.717) is 11.5 Å². The van der Waals surface area contributed by atoms with E-state index in [-0.39, 0.29) is 18.9 Å². The van der Waals surface area contributed by atoms with Gasteiger partial charge in [0.15, 0.2) is 0 Å². The maximum atomic E-state index is 4.61. The van der Waals surface area contributed by atoms with E-state index in [1.165, 1.54) is 38.9 Å². The van der Waals surface area contributed by atoms with Gasteiger partial charge in [-0.05, 0) is 24.9 Å². The second-order valence-corrected chi connectivity index (χ2v) is 5.35. The Morgan fingerprint density at radius 2 is 2.21 bits per heavy atom. The fourth-order valence-electron chi connectivity index (χ4n) is 2.52. The van der Waals surface area contributed by atoms with Crippen LogP contribution >= 0.6 is 0 Å². The van der Waals surface area contributed by atoms with Gasteiger partial charge in [0.05, 0.1) is 0 Å². The standard InChI is InChI=1S/C11H21N2.Li/c1-11(2)5-7-13(9-11)8-10-4-3-6-12-10;/h10H,3-9H2,1-2H3;/q-1;+1/t10-;/m0./s1. The summed E-state index contributed by atoms with van der Waals surface area (Å²) in [6.45, 7) is 9.65. The van der Waals surface area contributed by atoms with Crippen molar-refractivity contribution in [3.05, 3.63) is 5.32 Å². The third-order valence-corrected chi connectivity index (χ3v) is 3.31. The van der Waals surface area contributed by atoms with E-state index in [0.717, 1.165) is 6.54 Å². The molecule has 2 heterocycles. The third kappa shape index (κ3) is 3.27. The Bertz CT molecular complexity index is 176. The molecule has 0 aliphatic carbocycles. The first-order valence-electron chi connectivity index (χ1n) is 5.55. The molecule has 2 fully saturated rings. The molecule has 2 aliphatic rings. The maximum absolute atomic E-state index is 4.61. The van der Waals surface area contributed by atoms with Crippen LogP contribution in [0.5, 0.6) is 0 Å². The van der Waals surface area contributed by atoms with Crippen molar-refractivity contribution in [3.63, 3.8) is 0 Å². The predicted octanol–water partition coefficient (Wildman–Crippen LogP) is -0.742. The number of nitrogens with zero attached hydrogens (tertiary/aromatic N) is 2. The molecular weight excluding hydrogens is 167 g/mol. The van der Waals surface area contributed by atoms with Gasteiger partial charge in [-0.25, -0.2) is 0 Å². The molecule has 0 saturated carbocycles. The third-order valence-electron chi connectivity index (χ3n) is 3.31. The van der Waals surface area contributed by atoms with E-state index in [4.69, 9.17) is 0 Å². The van der Waals surface area contributed by atoms with Crippen LogP contribution in [0.2, 0.25) is 0 Å². The van der Waals surface area contributed by atoms with Crippen molar-refractivity contribution >= 4 is 0 Å². The molecule has 0 radical (unpaired) electrons. The molecule has 2 aliphatic heterocycles. The van der Waals surface area contributed by atoms with Crippen LogP contribution in [-0.4, -0.2) is 37.1 Å². The summed E-state index contributed by atoms with van der Waals surface area (Å²) in [7, 11) is 0. The Morgan fingerprint density at radius 3 is 2.71 bits per heavy atom. The molecular formula is C11H21LiN2. The van der Waals surface area contributed by atoms with Gasteiger partial charge in [-0.1, -0.05) is 26.7 Å². The second-order valence-electron chi connectivity index (χ2n) is 5.35. The van der Waals surface area contributed by atoms with Gasteiger partial charge in [0.2, 0.25) is 0 Å². The van der Waals surface area contributed by atoms with Crippen LogP contribution < -0.4 is 18.9 Å². The van der Waals surface area contributed by atoms with Crippen molar-refractivity contribution < 1.29 is 18.9 Å². The summed E-state index contributed by atoms with van der Waals surface area (Å²) in [6.07, 6.45) is 4.01. The summed E-state index contributed by atoms with van der Waals surface area (Å²) in [5.41, 5.74) is 0.554. The average molecular weight is 188 g/mol. The summed E-state index contributed by atoms with van der Waals surface area (Å²) in [5.74, 6) is 0. The zero-order valence-electron chi connectivity index (χ0n) is 9.92. The molecule has 0 N–H and O–H groups in total. The van der Waals surface area contributed by atoms with Gasteiger partial charge in [0.25, 0.3) is 0 Å². The number of hydrogen-bond acceptors (Lipinski definition) is 1. The molecule has 0 aromatic rings. The van der Waals surface area contributed by atoms with Crippen LogP contribution in [0.15, 0.2) is 0 Å². The summed E-state index contributed by atoms with van der Waals surface area (Å²) >= 11 is 0. The van der Waals surface area contributed by atoms with Gasteiger partial charge < -0.3 is 10.2 Å². The van der Waals surface area contributed by atoms with Crippen molar-refractivity contribution in [3.8, 4) is 0 Å². The van der Waals surface area contributed by atoms with Gasteiger partial charge in [-0.15, -0.1) is 12.6 Å². The van der Waals surface area contributed by atoms with Crippen molar-refractivity contribution in [2.45, 2.75) is 39.2 Å². The molecule has 0 aromatic carbocycles. The molecule has 0 amide bonds. The SMILES string of the molecule is CC1(C)CCN(C[C@@H]2CCC[N-]2)C1.[Li+]. The molecule has 0 unspecified atom stereocenters. The first-order chi connectivity index (χ1) is 6.16. The molecule has 2 saturated heterocycles. The second kappa shape index (κ2) is 5.03. The van der Waals surface area contributed by atoms with Crippen LogP contribution in [0.3, 0.4) is 0 Å². The zero-order valence-corrected chi connectivity index (χ0v) is 9.92. The van der Waals surface area contributed by atoms with Crippen LogP contribution in [-0.2, 0) is 0 Å². The van der Waals surface area contributed by atoms with E-state index in [9.17, 15) is 0 Å². The Balaban J connectivity index is 0.000000980. The molecule has 3 heteroatoms. The maximum Gasteiger partial charge on any atom is 1.00 e. The van der Waals surface area contributed by atoms with Crippen molar-refractivity contribution in [2.75, 3.05) is 26.2 Å². The van der Waals surface area contributed by atoms with Gasteiger partial charge in [0.1, 0.15) is 0 Å². The van der Waals surface area contributed by atoms with Crippen LogP contribution in [0.1, 0.15) is 33.1 Å². The minimum atomic E-state index is 0. The number of rotatable bonds is 2. The summed E-state index contributed by atoms with van der Waals surface area (Å²) in [6, 6.07) is 0.661. The molecule has 1 atom stereocenters. The average Bonchev–Trinajstić information content (AvgIpc) is 2.61. The number of hydrogen-bond donors (Lipinski definition) is 0. The summed E-state index contributed by atoms with van der Waals surface area (Å²) in [5, 5.41) is 4.61. The van der Waals surface area contributed by atoms with Crippen molar-refractivity contribution in [2.24, 2.45) is 5.41 Å². The smallest absolute Gasteiger partial charge is 0.658 e. The fraction of sp³-hybridized carbons (Fsp3) is 1.00. The fourth-order valence-corrected chi connectivity index (χ4v) is 2.52. The van der Waals surface area contributed by atoms with E-state index in [1.54, 1.807) is 0 Å². The number of likely N-dealkylation sites (tertiary alicyclic amines) is 1. The van der Waals surface area contributed by atoms with E-state index in [1.807, 2.05) is 0 Å². The molecule has 14 heavy (non-hydrogen) atoms. The Morgan fingerprint density at radius 1 is 1.43 bits per heavy atom. The Kier molecular flexibility index (Phi) is 4.52. The quantitative estimate of drug-likeness (QED) is 0.522. The van der Waals surface area contributed by atoms with Crippen LogP contribution in [0, 0.1) is 5.41 Å². The van der Waals surface area contributed by atoms with Gasteiger partial charge in [-0.3, -0.25) is 0 Å². The molecule has 0 spiro atoms. The van der Waals surface area contributed by atoms with Crippen molar-refractivity contribution in [1.29, 1.82) is 0 Å². The Hall–Kier alpha value is 0.517. The largest absolute Gasteiger partial charge is 1.00 e. The van der Waals surface area contributed by atoms with Gasteiger partial charge >= 0.3 is 18.9 Å². The van der Waals surface area contributed by atoms with Crippen LogP contribution in [0.25, 0.3) is 5.32 Å². The summed E-state index contributed by atoms with van der Waals surface area (Å²) in [4.78, 5) is 2.60. The van der Waals surface area contributed by atoms with E-state index >= 15 is 0 Å². The molecule has 76 valence electrons. The predicted molar refractivity (Wildman–Crippen MR) is 56.1 cm³/mol. The zero-order chi connectivity index (χ0) is 9.31. The molecule has 0 aromatic heterocycles. The van der Waals surface area contributed by atoms with Gasteiger partial charge in [0, 0.05) is 6.54 Å². The molecule has 2 nitrogen and oxygen atoms in total. The van der Waals surface area contributed by atoms with Crippen molar-refractivity contribution in [1.82, 2.24) is 4.90 Å². The van der Waals surface area contributed by atoms with Gasteiger partial charge in [-0.2, -0.15) is 0 Å². The molecule has 0 bridgehead atoms. The first-order valence-corrected chi connectivity index (χ1v) is 5.55. The summed E-state index contributed by atoms with van der Waals surface area (Å²) < 4.78 is 0.